The molecule has 0 aliphatic carbocycles. The fourth-order valence-electron chi connectivity index (χ4n) is 3.55. The van der Waals surface area contributed by atoms with Gasteiger partial charge in [-0.1, -0.05) is 19.8 Å². The van der Waals surface area contributed by atoms with Crippen LogP contribution in [0.25, 0.3) is 0 Å². The van der Waals surface area contributed by atoms with Crippen molar-refractivity contribution in [2.75, 3.05) is 6.54 Å². The predicted molar refractivity (Wildman–Crippen MR) is 112 cm³/mol. The first kappa shape index (κ1) is 22.1. The Balaban J connectivity index is 1.76. The highest BCUT2D eigenvalue weighted by atomic mass is 16.4. The van der Waals surface area contributed by atoms with E-state index < -0.39 is 17.6 Å². The summed E-state index contributed by atoms with van der Waals surface area (Å²) < 4.78 is 10.5. The van der Waals surface area contributed by atoms with E-state index in [1.54, 1.807) is 18.2 Å². The maximum atomic E-state index is 13.1. The molecule has 0 unspecified atom stereocenters. The Hall–Kier alpha value is -3.60. The van der Waals surface area contributed by atoms with Crippen LogP contribution in [0.3, 0.4) is 0 Å². The van der Waals surface area contributed by atoms with Gasteiger partial charge in [-0.15, -0.1) is 0 Å². The standard InChI is InChI=1S/C23H25N3O5/c1-2-3-4-6-17-8-9-19(23(29)31-17)22(28)26-15-16(10-11-24)13-20(26)21(27)25-14-18-7-5-12-30-18/h5,7-10,12,20H,2-4,6,13-15H2,1H3,(H,25,27)/t20-/m0/s1. The Labute approximate surface area is 180 Å². The molecule has 3 heterocycles. The minimum atomic E-state index is -0.828. The molecule has 8 heteroatoms. The van der Waals surface area contributed by atoms with Crippen LogP contribution in [0.5, 0.6) is 0 Å². The lowest BCUT2D eigenvalue weighted by Gasteiger charge is -2.23. The van der Waals surface area contributed by atoms with Crippen LogP contribution >= 0.6 is 0 Å². The zero-order valence-electron chi connectivity index (χ0n) is 17.4. The fourth-order valence-corrected chi connectivity index (χ4v) is 3.55. The van der Waals surface area contributed by atoms with Gasteiger partial charge in [0.25, 0.3) is 5.91 Å². The molecule has 0 spiro atoms. The van der Waals surface area contributed by atoms with Crippen LogP contribution in [-0.2, 0) is 17.8 Å². The molecular formula is C23H25N3O5. The highest BCUT2D eigenvalue weighted by molar-refractivity contribution is 5.98. The molecule has 8 nitrogen and oxygen atoms in total. The molecule has 31 heavy (non-hydrogen) atoms. The second-order valence-electron chi connectivity index (χ2n) is 7.44. The number of carbonyl (C=O) groups is 2. The molecule has 0 bridgehead atoms. The molecule has 1 aliphatic heterocycles. The molecule has 2 aromatic rings. The van der Waals surface area contributed by atoms with Crippen molar-refractivity contribution in [3.63, 3.8) is 0 Å². The molecule has 1 fully saturated rings. The van der Waals surface area contributed by atoms with Crippen molar-refractivity contribution in [1.29, 1.82) is 5.26 Å². The largest absolute Gasteiger partial charge is 0.467 e. The summed E-state index contributed by atoms with van der Waals surface area (Å²) >= 11 is 0. The second kappa shape index (κ2) is 10.4. The summed E-state index contributed by atoms with van der Waals surface area (Å²) in [6, 6.07) is 7.65. The Morgan fingerprint density at radius 2 is 2.13 bits per heavy atom. The van der Waals surface area contributed by atoms with Gasteiger partial charge in [-0.3, -0.25) is 9.59 Å². The van der Waals surface area contributed by atoms with Gasteiger partial charge in [-0.25, -0.2) is 4.79 Å². The Morgan fingerprint density at radius 3 is 2.81 bits per heavy atom. The van der Waals surface area contributed by atoms with E-state index >= 15 is 0 Å². The summed E-state index contributed by atoms with van der Waals surface area (Å²) in [5.74, 6) is 0.144. The summed E-state index contributed by atoms with van der Waals surface area (Å²) in [6.45, 7) is 2.36. The smallest absolute Gasteiger partial charge is 0.348 e. The number of hydrogen-bond donors (Lipinski definition) is 1. The van der Waals surface area contributed by atoms with Gasteiger partial charge in [0.15, 0.2) is 0 Å². The van der Waals surface area contributed by atoms with Crippen molar-refractivity contribution in [2.45, 2.75) is 51.6 Å². The molecule has 3 rings (SSSR count). The number of rotatable bonds is 8. The van der Waals surface area contributed by atoms with E-state index in [1.165, 1.54) is 23.3 Å². The van der Waals surface area contributed by atoms with E-state index in [0.29, 0.717) is 23.5 Å². The molecule has 0 aromatic carbocycles. The maximum Gasteiger partial charge on any atom is 0.348 e. The van der Waals surface area contributed by atoms with Gasteiger partial charge in [0.2, 0.25) is 5.91 Å². The summed E-state index contributed by atoms with van der Waals surface area (Å²) in [5.41, 5.74) is -0.192. The molecular weight excluding hydrogens is 398 g/mol. The first-order valence-electron chi connectivity index (χ1n) is 10.3. The second-order valence-corrected chi connectivity index (χ2v) is 7.44. The third-order valence-corrected chi connectivity index (χ3v) is 5.19. The Bertz CT molecular complexity index is 1050. The highest BCUT2D eigenvalue weighted by Crippen LogP contribution is 2.24. The first-order chi connectivity index (χ1) is 15.0. The van der Waals surface area contributed by atoms with E-state index in [1.807, 2.05) is 6.07 Å². The van der Waals surface area contributed by atoms with E-state index in [0.717, 1.165) is 19.3 Å². The third kappa shape index (κ3) is 5.51. The quantitative estimate of drug-likeness (QED) is 0.515. The molecule has 1 N–H and O–H groups in total. The number of aryl methyl sites for hydroxylation is 1. The molecule has 1 atom stereocenters. The minimum Gasteiger partial charge on any atom is -0.467 e. The normalized spacial score (nSPS) is 17.0. The topological polar surface area (TPSA) is 117 Å². The number of furan rings is 1. The van der Waals surface area contributed by atoms with Gasteiger partial charge in [-0.05, 0) is 36.3 Å². The maximum absolute atomic E-state index is 13.1. The van der Waals surface area contributed by atoms with Gasteiger partial charge in [0, 0.05) is 25.5 Å². The number of allylic oxidation sites excluding steroid dienone is 1. The lowest BCUT2D eigenvalue weighted by molar-refractivity contribution is -0.125. The first-order valence-corrected chi connectivity index (χ1v) is 10.3. The Kier molecular flexibility index (Phi) is 7.44. The van der Waals surface area contributed by atoms with Crippen LogP contribution in [-0.4, -0.2) is 29.3 Å². The number of carbonyl (C=O) groups excluding carboxylic acids is 2. The third-order valence-electron chi connectivity index (χ3n) is 5.19. The highest BCUT2D eigenvalue weighted by Gasteiger charge is 2.38. The number of nitrogens with one attached hydrogen (secondary N) is 1. The predicted octanol–water partition coefficient (Wildman–Crippen LogP) is 2.95. The number of nitriles is 1. The van der Waals surface area contributed by atoms with Crippen molar-refractivity contribution in [3.05, 3.63) is 69.7 Å². The van der Waals surface area contributed by atoms with Gasteiger partial charge < -0.3 is 19.1 Å². The van der Waals surface area contributed by atoms with E-state index in [4.69, 9.17) is 14.1 Å². The number of hydrogen-bond acceptors (Lipinski definition) is 6. The van der Waals surface area contributed by atoms with Crippen molar-refractivity contribution in [2.24, 2.45) is 0 Å². The van der Waals surface area contributed by atoms with Gasteiger partial charge in [-0.2, -0.15) is 5.26 Å². The number of likely N-dealkylation sites (tertiary alicyclic amines) is 1. The van der Waals surface area contributed by atoms with E-state index in [-0.39, 0.29) is 31.0 Å². The summed E-state index contributed by atoms with van der Waals surface area (Å²) in [6.07, 6.45) is 6.68. The van der Waals surface area contributed by atoms with Crippen molar-refractivity contribution >= 4 is 11.8 Å². The SMILES string of the molecule is CCCCCc1ccc(C(=O)N2CC(=CC#N)C[C@H]2C(=O)NCc2ccco2)c(=O)o1. The minimum absolute atomic E-state index is 0.100. The van der Waals surface area contributed by atoms with Crippen LogP contribution in [0.15, 0.2) is 55.8 Å². The summed E-state index contributed by atoms with van der Waals surface area (Å²) in [5, 5.41) is 11.7. The van der Waals surface area contributed by atoms with Gasteiger partial charge >= 0.3 is 5.63 Å². The number of unbranched alkanes of at least 4 members (excludes halogenated alkanes) is 2. The zero-order valence-corrected chi connectivity index (χ0v) is 17.4. The number of amides is 2. The number of nitrogens with zero attached hydrogens (tertiary/aromatic N) is 2. The van der Waals surface area contributed by atoms with Crippen LogP contribution < -0.4 is 10.9 Å². The van der Waals surface area contributed by atoms with Gasteiger partial charge in [0.05, 0.1) is 18.9 Å². The van der Waals surface area contributed by atoms with E-state index in [9.17, 15) is 14.4 Å². The van der Waals surface area contributed by atoms with Crippen molar-refractivity contribution in [1.82, 2.24) is 10.2 Å². The Morgan fingerprint density at radius 1 is 1.29 bits per heavy atom. The van der Waals surface area contributed by atoms with Crippen molar-refractivity contribution < 1.29 is 18.4 Å². The molecule has 1 aliphatic rings. The fraction of sp³-hybridized carbons (Fsp3) is 0.391. The molecule has 0 radical (unpaired) electrons. The van der Waals surface area contributed by atoms with Crippen LogP contribution in [0.1, 0.15) is 54.5 Å². The van der Waals surface area contributed by atoms with Crippen molar-refractivity contribution in [3.8, 4) is 6.07 Å². The summed E-state index contributed by atoms with van der Waals surface area (Å²) in [4.78, 5) is 39.6. The van der Waals surface area contributed by atoms with Crippen LogP contribution in [0.4, 0.5) is 0 Å². The molecule has 162 valence electrons. The zero-order chi connectivity index (χ0) is 22.2. The van der Waals surface area contributed by atoms with Crippen LogP contribution in [0, 0.1) is 11.3 Å². The molecule has 1 saturated heterocycles. The van der Waals surface area contributed by atoms with E-state index in [2.05, 4.69) is 12.2 Å². The molecule has 2 aromatic heterocycles. The van der Waals surface area contributed by atoms with Crippen LogP contribution in [0.2, 0.25) is 0 Å². The average molecular weight is 423 g/mol. The average Bonchev–Trinajstić information content (AvgIpc) is 3.42. The molecule has 0 saturated carbocycles. The summed E-state index contributed by atoms with van der Waals surface area (Å²) in [7, 11) is 0. The lowest BCUT2D eigenvalue weighted by Crippen LogP contribution is -2.46. The monoisotopic (exact) mass is 423 g/mol. The lowest BCUT2D eigenvalue weighted by atomic mass is 10.1. The molecule has 2 amide bonds. The van der Waals surface area contributed by atoms with Gasteiger partial charge in [0.1, 0.15) is 23.1 Å².